The lowest BCUT2D eigenvalue weighted by molar-refractivity contribution is 0.405. The van der Waals surface area contributed by atoms with E-state index < -0.39 is 0 Å². The number of hydrogen-bond acceptors (Lipinski definition) is 2. The van der Waals surface area contributed by atoms with Crippen LogP contribution < -0.4 is 5.73 Å². The Morgan fingerprint density at radius 1 is 1.50 bits per heavy atom. The van der Waals surface area contributed by atoms with E-state index in [1.807, 2.05) is 0 Å². The average Bonchev–Trinajstić information content (AvgIpc) is 2.44. The van der Waals surface area contributed by atoms with Crippen LogP contribution in [0, 0.1) is 0 Å². The Morgan fingerprint density at radius 3 is 2.86 bits per heavy atom. The van der Waals surface area contributed by atoms with Gasteiger partial charge in [0.25, 0.3) is 0 Å². The summed E-state index contributed by atoms with van der Waals surface area (Å²) in [7, 11) is 0. The van der Waals surface area contributed by atoms with Crippen LogP contribution >= 0.6 is 0 Å². The van der Waals surface area contributed by atoms with E-state index in [2.05, 4.69) is 31.0 Å². The van der Waals surface area contributed by atoms with Crippen LogP contribution in [0.25, 0.3) is 0 Å². The van der Waals surface area contributed by atoms with Crippen LogP contribution in [0.1, 0.15) is 50.1 Å². The van der Waals surface area contributed by atoms with Crippen LogP contribution in [0.2, 0.25) is 0 Å². The van der Waals surface area contributed by atoms with Crippen LogP contribution in [-0.4, -0.2) is 15.7 Å². The minimum absolute atomic E-state index is 0.0412. The third kappa shape index (κ3) is 1.57. The fourth-order valence-electron chi connectivity index (χ4n) is 2.20. The smallest absolute Gasteiger partial charge is 0.0682 e. The summed E-state index contributed by atoms with van der Waals surface area (Å²) in [6.45, 7) is 6.49. The maximum Gasteiger partial charge on any atom is 0.0682 e. The molecule has 1 aromatic heterocycles. The minimum atomic E-state index is -0.0412. The number of aromatic nitrogens is 2. The Labute approximate surface area is 85.1 Å². The SMILES string of the molecule is CC(C)c1n[nH]c2c1CC(C)(N)CC2. The average molecular weight is 193 g/mol. The van der Waals surface area contributed by atoms with Gasteiger partial charge in [0.15, 0.2) is 0 Å². The van der Waals surface area contributed by atoms with Crippen LogP contribution in [0.3, 0.4) is 0 Å². The van der Waals surface area contributed by atoms with Crippen molar-refractivity contribution in [3.05, 3.63) is 17.0 Å². The summed E-state index contributed by atoms with van der Waals surface area (Å²) in [5.74, 6) is 0.490. The van der Waals surface area contributed by atoms with Crippen molar-refractivity contribution in [1.29, 1.82) is 0 Å². The van der Waals surface area contributed by atoms with Gasteiger partial charge in [0, 0.05) is 11.2 Å². The summed E-state index contributed by atoms with van der Waals surface area (Å²) < 4.78 is 0. The predicted molar refractivity (Wildman–Crippen MR) is 57.3 cm³/mol. The largest absolute Gasteiger partial charge is 0.325 e. The second kappa shape index (κ2) is 3.09. The number of aromatic amines is 1. The second-order valence-electron chi connectivity index (χ2n) is 5.05. The van der Waals surface area contributed by atoms with Gasteiger partial charge < -0.3 is 5.73 Å². The van der Waals surface area contributed by atoms with Gasteiger partial charge in [0.1, 0.15) is 0 Å². The first-order valence-corrected chi connectivity index (χ1v) is 5.34. The summed E-state index contributed by atoms with van der Waals surface area (Å²) in [6, 6.07) is 0. The molecule has 78 valence electrons. The molecule has 2 rings (SSSR count). The standard InChI is InChI=1S/C11H19N3/c1-7(2)10-8-6-11(3,12)5-4-9(8)13-14-10/h7H,4-6,12H2,1-3H3,(H,13,14). The second-order valence-corrected chi connectivity index (χ2v) is 5.05. The lowest BCUT2D eigenvalue weighted by Gasteiger charge is -2.29. The first-order valence-electron chi connectivity index (χ1n) is 5.34. The van der Waals surface area contributed by atoms with Crippen LogP contribution in [0.4, 0.5) is 0 Å². The molecule has 0 spiro atoms. The molecule has 1 aromatic rings. The minimum Gasteiger partial charge on any atom is -0.325 e. The molecule has 0 fully saturated rings. The zero-order valence-corrected chi connectivity index (χ0v) is 9.22. The number of rotatable bonds is 1. The Balaban J connectivity index is 2.38. The zero-order valence-electron chi connectivity index (χ0n) is 9.22. The molecule has 1 aliphatic carbocycles. The van der Waals surface area contributed by atoms with Crippen LogP contribution in [0.15, 0.2) is 0 Å². The van der Waals surface area contributed by atoms with Gasteiger partial charge in [-0.15, -0.1) is 0 Å². The molecule has 0 aromatic carbocycles. The molecule has 0 radical (unpaired) electrons. The molecule has 0 aliphatic heterocycles. The maximum atomic E-state index is 6.18. The summed E-state index contributed by atoms with van der Waals surface area (Å²) in [5, 5.41) is 7.52. The Bertz CT molecular complexity index is 336. The number of nitrogens with two attached hydrogens (primary N) is 1. The van der Waals surface area contributed by atoms with Gasteiger partial charge in [0.05, 0.1) is 5.69 Å². The number of nitrogens with one attached hydrogen (secondary N) is 1. The molecule has 1 unspecified atom stereocenters. The molecule has 1 atom stereocenters. The molecule has 0 amide bonds. The van der Waals surface area contributed by atoms with Crippen molar-refractivity contribution in [3.8, 4) is 0 Å². The highest BCUT2D eigenvalue weighted by Gasteiger charge is 2.29. The summed E-state index contributed by atoms with van der Waals surface area (Å²) in [6.07, 6.45) is 3.06. The predicted octanol–water partition coefficient (Wildman–Crippen LogP) is 1.74. The maximum absolute atomic E-state index is 6.18. The van der Waals surface area contributed by atoms with Gasteiger partial charge in [-0.1, -0.05) is 13.8 Å². The molecule has 0 saturated carbocycles. The van der Waals surface area contributed by atoms with E-state index in [1.165, 1.54) is 17.0 Å². The van der Waals surface area contributed by atoms with E-state index in [4.69, 9.17) is 5.73 Å². The number of H-pyrrole nitrogens is 1. The lowest BCUT2D eigenvalue weighted by Crippen LogP contribution is -2.41. The molecule has 3 N–H and O–H groups in total. The van der Waals surface area contributed by atoms with E-state index in [1.54, 1.807) is 0 Å². The van der Waals surface area contributed by atoms with Gasteiger partial charge in [0.2, 0.25) is 0 Å². The van der Waals surface area contributed by atoms with Crippen molar-refractivity contribution in [2.45, 2.75) is 51.5 Å². The Kier molecular flexibility index (Phi) is 2.14. The van der Waals surface area contributed by atoms with E-state index in [9.17, 15) is 0 Å². The monoisotopic (exact) mass is 193 g/mol. The molecule has 14 heavy (non-hydrogen) atoms. The van der Waals surface area contributed by atoms with Crippen LogP contribution in [-0.2, 0) is 12.8 Å². The van der Waals surface area contributed by atoms with Gasteiger partial charge in [-0.3, -0.25) is 5.10 Å². The summed E-state index contributed by atoms with van der Waals surface area (Å²) in [5.41, 5.74) is 10.0. The first kappa shape index (κ1) is 9.71. The molecule has 0 bridgehead atoms. The molecule has 3 heteroatoms. The number of fused-ring (bicyclic) bond motifs is 1. The topological polar surface area (TPSA) is 54.7 Å². The zero-order chi connectivity index (χ0) is 10.3. The van der Waals surface area contributed by atoms with Gasteiger partial charge in [-0.25, -0.2) is 0 Å². The van der Waals surface area contributed by atoms with Crippen molar-refractivity contribution in [2.75, 3.05) is 0 Å². The van der Waals surface area contributed by atoms with E-state index in [-0.39, 0.29) is 5.54 Å². The van der Waals surface area contributed by atoms with E-state index >= 15 is 0 Å². The van der Waals surface area contributed by atoms with E-state index in [0.717, 1.165) is 19.3 Å². The van der Waals surface area contributed by atoms with Crippen molar-refractivity contribution in [3.63, 3.8) is 0 Å². The number of nitrogens with zero attached hydrogens (tertiary/aromatic N) is 1. The Hall–Kier alpha value is -0.830. The van der Waals surface area contributed by atoms with Crippen molar-refractivity contribution < 1.29 is 0 Å². The molecule has 3 nitrogen and oxygen atoms in total. The molecule has 1 heterocycles. The third-order valence-corrected chi connectivity index (χ3v) is 3.06. The molecule has 0 saturated heterocycles. The Morgan fingerprint density at radius 2 is 2.21 bits per heavy atom. The highest BCUT2D eigenvalue weighted by atomic mass is 15.1. The van der Waals surface area contributed by atoms with Crippen molar-refractivity contribution in [1.82, 2.24) is 10.2 Å². The first-order chi connectivity index (χ1) is 6.49. The summed E-state index contributed by atoms with van der Waals surface area (Å²) in [4.78, 5) is 0. The van der Waals surface area contributed by atoms with Crippen molar-refractivity contribution in [2.24, 2.45) is 5.73 Å². The van der Waals surface area contributed by atoms with E-state index in [0.29, 0.717) is 5.92 Å². The highest BCUT2D eigenvalue weighted by Crippen LogP contribution is 2.30. The number of hydrogen-bond donors (Lipinski definition) is 2. The fraction of sp³-hybridized carbons (Fsp3) is 0.727. The molecular formula is C11H19N3. The number of aryl methyl sites for hydroxylation is 1. The summed E-state index contributed by atoms with van der Waals surface area (Å²) >= 11 is 0. The van der Waals surface area contributed by atoms with Crippen molar-refractivity contribution >= 4 is 0 Å². The third-order valence-electron chi connectivity index (χ3n) is 3.06. The highest BCUT2D eigenvalue weighted by molar-refractivity contribution is 5.32. The molecule has 1 aliphatic rings. The van der Waals surface area contributed by atoms with Crippen LogP contribution in [0.5, 0.6) is 0 Å². The van der Waals surface area contributed by atoms with Gasteiger partial charge in [-0.05, 0) is 37.7 Å². The fourth-order valence-corrected chi connectivity index (χ4v) is 2.20. The van der Waals surface area contributed by atoms with Gasteiger partial charge >= 0.3 is 0 Å². The quantitative estimate of drug-likeness (QED) is 0.713. The normalized spacial score (nSPS) is 26.6. The molecular weight excluding hydrogens is 174 g/mol. The lowest BCUT2D eigenvalue weighted by atomic mass is 9.81. The van der Waals surface area contributed by atoms with Gasteiger partial charge in [-0.2, -0.15) is 5.10 Å².